The van der Waals surface area contributed by atoms with Crippen molar-refractivity contribution < 1.29 is 17.9 Å². The molecule has 2 rings (SSSR count). The van der Waals surface area contributed by atoms with E-state index in [2.05, 4.69) is 0 Å². The van der Waals surface area contributed by atoms with Gasteiger partial charge in [-0.2, -0.15) is 0 Å². The van der Waals surface area contributed by atoms with Crippen molar-refractivity contribution in [3.8, 4) is 0 Å². The highest BCUT2D eigenvalue weighted by atomic mass is 32.2. The molecule has 1 unspecified atom stereocenters. The maximum absolute atomic E-state index is 12.4. The maximum Gasteiger partial charge on any atom is 0.227 e. The highest BCUT2D eigenvalue weighted by Crippen LogP contribution is 2.23. The van der Waals surface area contributed by atoms with Gasteiger partial charge in [-0.05, 0) is 25.7 Å². The molecule has 0 aromatic rings. The maximum atomic E-state index is 12.4. The summed E-state index contributed by atoms with van der Waals surface area (Å²) in [5.41, 5.74) is 0. The number of sulfonamides is 1. The van der Waals surface area contributed by atoms with Crippen molar-refractivity contribution in [3.05, 3.63) is 0 Å². The Balaban J connectivity index is 1.95. The Kier molecular flexibility index (Phi) is 5.40. The van der Waals surface area contributed by atoms with Crippen molar-refractivity contribution in [1.82, 2.24) is 9.21 Å². The molecule has 2 saturated heterocycles. The fraction of sp³-hybridized carbons (Fsp3) is 0.923. The van der Waals surface area contributed by atoms with Crippen LogP contribution in [-0.4, -0.2) is 69.2 Å². The Hall–Kier alpha value is -0.660. The molecule has 116 valence electrons. The zero-order valence-electron chi connectivity index (χ0n) is 12.1. The lowest BCUT2D eigenvalue weighted by Crippen LogP contribution is -2.47. The van der Waals surface area contributed by atoms with Crippen molar-refractivity contribution in [2.24, 2.45) is 5.92 Å². The molecular formula is C13H24N2O4S. The largest absolute Gasteiger partial charge is 0.384 e. The van der Waals surface area contributed by atoms with E-state index in [1.165, 1.54) is 11.4 Å². The number of likely N-dealkylation sites (tertiary alicyclic amines) is 1. The second kappa shape index (κ2) is 6.87. The molecule has 0 radical (unpaired) electrons. The molecule has 1 amide bonds. The van der Waals surface area contributed by atoms with Crippen LogP contribution in [0.4, 0.5) is 0 Å². The number of methoxy groups -OCH3 is 1. The van der Waals surface area contributed by atoms with E-state index in [9.17, 15) is 13.2 Å². The summed E-state index contributed by atoms with van der Waals surface area (Å²) in [5, 5.41) is 0. The first-order valence-corrected chi connectivity index (χ1v) is 8.91. The van der Waals surface area contributed by atoms with Gasteiger partial charge in [0.25, 0.3) is 0 Å². The van der Waals surface area contributed by atoms with Crippen LogP contribution in [0.15, 0.2) is 0 Å². The Labute approximate surface area is 121 Å². The SMILES string of the molecule is COCCS(=O)(=O)N1CCCC(C(=O)N2CCCC2)C1. The molecule has 2 aliphatic rings. The second-order valence-corrected chi connectivity index (χ2v) is 7.63. The third-order valence-corrected chi connectivity index (χ3v) is 5.89. The van der Waals surface area contributed by atoms with Gasteiger partial charge in [-0.1, -0.05) is 0 Å². The number of nitrogens with zero attached hydrogens (tertiary/aromatic N) is 2. The topological polar surface area (TPSA) is 66.9 Å². The van der Waals surface area contributed by atoms with Gasteiger partial charge in [0.15, 0.2) is 0 Å². The third kappa shape index (κ3) is 3.71. The fourth-order valence-corrected chi connectivity index (χ4v) is 4.36. The van der Waals surface area contributed by atoms with Gasteiger partial charge in [0.05, 0.1) is 18.3 Å². The first-order chi connectivity index (χ1) is 9.54. The first kappa shape index (κ1) is 15.7. The molecule has 0 aliphatic carbocycles. The van der Waals surface area contributed by atoms with E-state index in [1.807, 2.05) is 4.90 Å². The lowest BCUT2D eigenvalue weighted by molar-refractivity contribution is -0.135. The van der Waals surface area contributed by atoms with Crippen LogP contribution in [0, 0.1) is 5.92 Å². The van der Waals surface area contributed by atoms with Gasteiger partial charge in [-0.25, -0.2) is 12.7 Å². The van der Waals surface area contributed by atoms with Crippen LogP contribution >= 0.6 is 0 Å². The minimum Gasteiger partial charge on any atom is -0.384 e. The van der Waals surface area contributed by atoms with Crippen molar-refractivity contribution >= 4 is 15.9 Å². The van der Waals surface area contributed by atoms with E-state index >= 15 is 0 Å². The fourth-order valence-electron chi connectivity index (χ4n) is 2.91. The minimum absolute atomic E-state index is 0.00583. The highest BCUT2D eigenvalue weighted by molar-refractivity contribution is 7.89. The first-order valence-electron chi connectivity index (χ1n) is 7.30. The molecule has 2 heterocycles. The average Bonchev–Trinajstić information content (AvgIpc) is 2.99. The molecule has 0 bridgehead atoms. The molecule has 0 saturated carbocycles. The van der Waals surface area contributed by atoms with Crippen LogP contribution in [0.3, 0.4) is 0 Å². The summed E-state index contributed by atoms with van der Waals surface area (Å²) >= 11 is 0. The van der Waals surface area contributed by atoms with E-state index in [-0.39, 0.29) is 24.2 Å². The lowest BCUT2D eigenvalue weighted by atomic mass is 9.98. The van der Waals surface area contributed by atoms with Gasteiger partial charge >= 0.3 is 0 Å². The number of carbonyl (C=O) groups is 1. The number of hydrogen-bond donors (Lipinski definition) is 0. The summed E-state index contributed by atoms with van der Waals surface area (Å²) in [7, 11) is -1.81. The molecule has 6 nitrogen and oxygen atoms in total. The van der Waals surface area contributed by atoms with Gasteiger partial charge in [0, 0.05) is 33.3 Å². The van der Waals surface area contributed by atoms with Crippen molar-refractivity contribution in [2.45, 2.75) is 25.7 Å². The summed E-state index contributed by atoms with van der Waals surface area (Å²) in [6.45, 7) is 2.71. The molecule has 0 N–H and O–H groups in total. The number of rotatable bonds is 5. The van der Waals surface area contributed by atoms with Crippen molar-refractivity contribution in [3.63, 3.8) is 0 Å². The molecule has 0 aromatic carbocycles. The Morgan fingerprint density at radius 2 is 1.90 bits per heavy atom. The van der Waals surface area contributed by atoms with E-state index in [4.69, 9.17) is 4.74 Å². The normalized spacial score (nSPS) is 25.1. The number of hydrogen-bond acceptors (Lipinski definition) is 4. The van der Waals surface area contributed by atoms with Crippen LogP contribution in [0.1, 0.15) is 25.7 Å². The van der Waals surface area contributed by atoms with Crippen LogP contribution in [-0.2, 0) is 19.6 Å². The second-order valence-electron chi connectivity index (χ2n) is 5.54. The molecule has 7 heteroatoms. The van der Waals surface area contributed by atoms with Crippen LogP contribution in [0.25, 0.3) is 0 Å². The summed E-state index contributed by atoms with van der Waals surface area (Å²) in [5.74, 6) is -0.0398. The quantitative estimate of drug-likeness (QED) is 0.732. The van der Waals surface area contributed by atoms with Gasteiger partial charge in [0.1, 0.15) is 0 Å². The van der Waals surface area contributed by atoms with Crippen LogP contribution in [0.2, 0.25) is 0 Å². The van der Waals surface area contributed by atoms with Gasteiger partial charge in [0.2, 0.25) is 15.9 Å². The summed E-state index contributed by atoms with van der Waals surface area (Å²) in [4.78, 5) is 14.3. The van der Waals surface area contributed by atoms with E-state index < -0.39 is 10.0 Å². The van der Waals surface area contributed by atoms with Gasteiger partial charge < -0.3 is 9.64 Å². The molecule has 0 spiro atoms. The zero-order chi connectivity index (χ0) is 14.6. The average molecular weight is 304 g/mol. The molecule has 2 aliphatic heterocycles. The van der Waals surface area contributed by atoms with Crippen LogP contribution < -0.4 is 0 Å². The summed E-state index contributed by atoms with van der Waals surface area (Å²) < 4.78 is 30.6. The Morgan fingerprint density at radius 1 is 1.20 bits per heavy atom. The molecule has 1 atom stereocenters. The van der Waals surface area contributed by atoms with Crippen LogP contribution in [0.5, 0.6) is 0 Å². The monoisotopic (exact) mass is 304 g/mol. The molecule has 2 fully saturated rings. The molecular weight excluding hydrogens is 280 g/mol. The smallest absolute Gasteiger partial charge is 0.227 e. The summed E-state index contributed by atoms with van der Waals surface area (Å²) in [6, 6.07) is 0. The van der Waals surface area contributed by atoms with Crippen molar-refractivity contribution in [1.29, 1.82) is 0 Å². The highest BCUT2D eigenvalue weighted by Gasteiger charge is 2.34. The predicted octanol–water partition coefficient (Wildman–Crippen LogP) is 0.297. The van der Waals surface area contributed by atoms with E-state index in [0.717, 1.165) is 38.8 Å². The predicted molar refractivity (Wildman–Crippen MR) is 75.8 cm³/mol. The number of piperidine rings is 1. The third-order valence-electron chi connectivity index (χ3n) is 4.09. The number of amides is 1. The number of ether oxygens (including phenoxy) is 1. The number of carbonyl (C=O) groups excluding carboxylic acids is 1. The molecule has 20 heavy (non-hydrogen) atoms. The van der Waals surface area contributed by atoms with Gasteiger partial charge in [-0.15, -0.1) is 0 Å². The van der Waals surface area contributed by atoms with Crippen molar-refractivity contribution in [2.75, 3.05) is 45.6 Å². The standard InChI is InChI=1S/C13H24N2O4S/c1-19-9-10-20(17,18)15-8-4-5-12(11-15)13(16)14-6-2-3-7-14/h12H,2-11H2,1H3. The van der Waals surface area contributed by atoms with E-state index in [1.54, 1.807) is 0 Å². The Morgan fingerprint density at radius 3 is 2.55 bits per heavy atom. The Bertz CT molecular complexity index is 432. The summed E-state index contributed by atoms with van der Waals surface area (Å²) in [6.07, 6.45) is 3.69. The zero-order valence-corrected chi connectivity index (χ0v) is 12.9. The van der Waals surface area contributed by atoms with Gasteiger partial charge in [-0.3, -0.25) is 4.79 Å². The minimum atomic E-state index is -3.30. The lowest BCUT2D eigenvalue weighted by Gasteiger charge is -2.33. The molecule has 0 aromatic heterocycles. The van der Waals surface area contributed by atoms with E-state index in [0.29, 0.717) is 13.1 Å².